The van der Waals surface area contributed by atoms with E-state index in [1.807, 2.05) is 0 Å². The smallest absolute Gasteiger partial charge is 0.425 e. The number of rotatable bonds is 1. The summed E-state index contributed by atoms with van der Waals surface area (Å²) >= 11 is 5.49. The number of alkyl halides is 3. The number of carboxylic acid groups (broad SMARTS) is 1. The van der Waals surface area contributed by atoms with Gasteiger partial charge >= 0.3 is 12.1 Å². The highest BCUT2D eigenvalue weighted by atomic mass is 35.5. The largest absolute Gasteiger partial charge is 0.478 e. The van der Waals surface area contributed by atoms with Gasteiger partial charge in [0.15, 0.2) is 0 Å². The van der Waals surface area contributed by atoms with E-state index in [1.54, 1.807) is 0 Å². The van der Waals surface area contributed by atoms with Crippen molar-refractivity contribution in [3.63, 3.8) is 0 Å². The van der Waals surface area contributed by atoms with Crippen LogP contribution in [0.5, 0.6) is 0 Å². The second-order valence-corrected chi connectivity index (χ2v) is 3.76. The number of hydrogen-bond donors (Lipinski definition) is 1. The van der Waals surface area contributed by atoms with Crippen molar-refractivity contribution in [2.75, 3.05) is 0 Å². The molecule has 1 rings (SSSR count). The molecule has 0 spiro atoms. The van der Waals surface area contributed by atoms with Gasteiger partial charge in [-0.2, -0.15) is 13.2 Å². The Hall–Kier alpha value is -0.750. The molecular weight excluding hydrogens is 229 g/mol. The van der Waals surface area contributed by atoms with Crippen molar-refractivity contribution in [1.29, 1.82) is 0 Å². The Kier molecular flexibility index (Phi) is 2.53. The summed E-state index contributed by atoms with van der Waals surface area (Å²) in [5, 5.41) is 8.40. The summed E-state index contributed by atoms with van der Waals surface area (Å²) in [6.45, 7) is 0. The molecule has 2 nitrogen and oxygen atoms in total. The van der Waals surface area contributed by atoms with Crippen LogP contribution in [0.25, 0.3) is 0 Å². The Morgan fingerprint density at radius 3 is 2.31 bits per heavy atom. The van der Waals surface area contributed by atoms with E-state index >= 15 is 0 Å². The topological polar surface area (TPSA) is 37.3 Å². The molecule has 0 unspecified atom stereocenters. The van der Waals surface area contributed by atoms with Crippen LogP contribution in [-0.4, -0.2) is 11.1 Å². The van der Waals surface area contributed by atoms with Gasteiger partial charge in [-0.05, 0) is 6.07 Å². The summed E-state index contributed by atoms with van der Waals surface area (Å²) in [5.74, 6) is -1.46. The molecule has 0 aliphatic rings. The lowest BCUT2D eigenvalue weighted by molar-refractivity contribution is -0.134. The van der Waals surface area contributed by atoms with Crippen LogP contribution >= 0.6 is 22.9 Å². The van der Waals surface area contributed by atoms with Crippen molar-refractivity contribution >= 4 is 28.9 Å². The molecule has 13 heavy (non-hydrogen) atoms. The molecule has 0 fully saturated rings. The minimum absolute atomic E-state index is 0.209. The molecule has 1 N–H and O–H groups in total. The van der Waals surface area contributed by atoms with Crippen LogP contribution in [-0.2, 0) is 6.18 Å². The molecule has 1 aromatic rings. The number of thiophene rings is 1. The van der Waals surface area contributed by atoms with Crippen LogP contribution in [0.2, 0.25) is 4.34 Å². The Labute approximate surface area is 79.6 Å². The first-order valence-corrected chi connectivity index (χ1v) is 4.11. The number of carbonyl (C=O) groups is 1. The first-order valence-electron chi connectivity index (χ1n) is 2.92. The monoisotopic (exact) mass is 230 g/mol. The van der Waals surface area contributed by atoms with Crippen LogP contribution in [0, 0.1) is 0 Å². The molecule has 0 radical (unpaired) electrons. The van der Waals surface area contributed by atoms with Gasteiger partial charge in [0.25, 0.3) is 0 Å². The number of aromatic carboxylic acids is 1. The second-order valence-electron chi connectivity index (χ2n) is 2.10. The van der Waals surface area contributed by atoms with E-state index in [0.717, 1.165) is 0 Å². The fourth-order valence-corrected chi connectivity index (χ4v) is 1.78. The Bertz CT molecular complexity index is 344. The van der Waals surface area contributed by atoms with E-state index in [2.05, 4.69) is 0 Å². The molecule has 0 saturated carbocycles. The van der Waals surface area contributed by atoms with E-state index in [0.29, 0.717) is 6.07 Å². The zero-order chi connectivity index (χ0) is 10.2. The molecule has 0 atom stereocenters. The SMILES string of the molecule is O=C(O)c1cc(C(F)(F)F)sc1Cl. The maximum Gasteiger partial charge on any atom is 0.425 e. The number of hydrogen-bond acceptors (Lipinski definition) is 2. The van der Waals surface area contributed by atoms with Gasteiger partial charge in [0.05, 0.1) is 5.56 Å². The summed E-state index contributed by atoms with van der Waals surface area (Å²) in [6, 6.07) is 0.523. The van der Waals surface area contributed by atoms with Crippen LogP contribution in [0.1, 0.15) is 15.2 Å². The molecule has 0 aromatic carbocycles. The van der Waals surface area contributed by atoms with Crippen LogP contribution in [0.4, 0.5) is 13.2 Å². The van der Waals surface area contributed by atoms with E-state index in [-0.39, 0.29) is 15.7 Å². The minimum Gasteiger partial charge on any atom is -0.478 e. The first kappa shape index (κ1) is 10.3. The standard InChI is InChI=1S/C6H2ClF3O2S/c7-4-2(5(11)12)1-3(13-4)6(8,9)10/h1H,(H,11,12). The highest BCUT2D eigenvalue weighted by Gasteiger charge is 2.34. The molecule has 0 aliphatic carbocycles. The molecular formula is C6H2ClF3O2S. The van der Waals surface area contributed by atoms with Crippen molar-refractivity contribution in [2.24, 2.45) is 0 Å². The number of carboxylic acids is 1. The van der Waals surface area contributed by atoms with E-state index in [4.69, 9.17) is 16.7 Å². The van der Waals surface area contributed by atoms with Gasteiger partial charge in [0.1, 0.15) is 9.21 Å². The normalized spacial score (nSPS) is 11.7. The third-order valence-corrected chi connectivity index (χ3v) is 2.60. The molecule has 7 heteroatoms. The summed E-state index contributed by atoms with van der Waals surface area (Å²) in [7, 11) is 0. The third-order valence-electron chi connectivity index (χ3n) is 1.20. The van der Waals surface area contributed by atoms with Crippen molar-refractivity contribution < 1.29 is 23.1 Å². The van der Waals surface area contributed by atoms with E-state index in [1.165, 1.54) is 0 Å². The highest BCUT2D eigenvalue weighted by molar-refractivity contribution is 7.16. The zero-order valence-corrected chi connectivity index (χ0v) is 7.43. The van der Waals surface area contributed by atoms with Crippen molar-refractivity contribution in [3.8, 4) is 0 Å². The third kappa shape index (κ3) is 2.13. The average molecular weight is 231 g/mol. The van der Waals surface area contributed by atoms with Gasteiger partial charge in [0, 0.05) is 0 Å². The predicted molar refractivity (Wildman–Crippen MR) is 41.3 cm³/mol. The summed E-state index contributed by atoms with van der Waals surface area (Å²) in [6.07, 6.45) is -4.54. The van der Waals surface area contributed by atoms with Crippen LogP contribution < -0.4 is 0 Å². The summed E-state index contributed by atoms with van der Waals surface area (Å²) < 4.78 is 35.6. The Morgan fingerprint density at radius 1 is 1.54 bits per heavy atom. The molecule has 1 heterocycles. The molecule has 72 valence electrons. The van der Waals surface area contributed by atoms with Gasteiger partial charge < -0.3 is 5.11 Å². The summed E-state index contributed by atoms with van der Waals surface area (Å²) in [5.41, 5.74) is -0.515. The fourth-order valence-electron chi connectivity index (χ4n) is 0.654. The van der Waals surface area contributed by atoms with E-state index in [9.17, 15) is 18.0 Å². The van der Waals surface area contributed by atoms with Crippen molar-refractivity contribution in [1.82, 2.24) is 0 Å². The highest BCUT2D eigenvalue weighted by Crippen LogP contribution is 2.38. The van der Waals surface area contributed by atoms with Crippen LogP contribution in [0.15, 0.2) is 6.07 Å². The average Bonchev–Trinajstić information content (AvgIpc) is 2.29. The summed E-state index contributed by atoms with van der Waals surface area (Å²) in [4.78, 5) is 9.31. The molecule has 0 bridgehead atoms. The molecule has 0 aliphatic heterocycles. The lowest BCUT2D eigenvalue weighted by Gasteiger charge is -1.99. The molecule has 1 aromatic heterocycles. The maximum atomic E-state index is 12.0. The van der Waals surface area contributed by atoms with Crippen LogP contribution in [0.3, 0.4) is 0 Å². The lowest BCUT2D eigenvalue weighted by atomic mass is 10.3. The van der Waals surface area contributed by atoms with Crippen molar-refractivity contribution in [2.45, 2.75) is 6.18 Å². The predicted octanol–water partition coefficient (Wildman–Crippen LogP) is 3.12. The van der Waals surface area contributed by atoms with Gasteiger partial charge in [0.2, 0.25) is 0 Å². The fraction of sp³-hybridized carbons (Fsp3) is 0.167. The Balaban J connectivity index is 3.17. The van der Waals surface area contributed by atoms with Gasteiger partial charge in [-0.25, -0.2) is 4.79 Å². The second kappa shape index (κ2) is 3.19. The minimum atomic E-state index is -4.54. The quantitative estimate of drug-likeness (QED) is 0.805. The van der Waals surface area contributed by atoms with Crippen molar-refractivity contribution in [3.05, 3.63) is 20.8 Å². The maximum absolute atomic E-state index is 12.0. The lowest BCUT2D eigenvalue weighted by Crippen LogP contribution is -2.01. The zero-order valence-electron chi connectivity index (χ0n) is 5.85. The first-order chi connectivity index (χ1) is 5.82. The van der Waals surface area contributed by atoms with Gasteiger partial charge in [-0.1, -0.05) is 11.6 Å². The van der Waals surface area contributed by atoms with Gasteiger partial charge in [-0.3, -0.25) is 0 Å². The Morgan fingerprint density at radius 2 is 2.08 bits per heavy atom. The number of halogens is 4. The molecule has 0 amide bonds. The van der Waals surface area contributed by atoms with Gasteiger partial charge in [-0.15, -0.1) is 11.3 Å². The van der Waals surface area contributed by atoms with E-state index < -0.39 is 22.6 Å². The molecule has 0 saturated heterocycles.